The van der Waals surface area contributed by atoms with Crippen LogP contribution in [0.3, 0.4) is 0 Å². The van der Waals surface area contributed by atoms with Crippen molar-refractivity contribution in [2.75, 3.05) is 0 Å². The normalized spacial score (nSPS) is 10.4. The first-order valence-corrected chi connectivity index (χ1v) is 7.97. The molecule has 1 aromatic heterocycles. The Hall–Kier alpha value is -3.28. The quantitative estimate of drug-likeness (QED) is 0.731. The van der Waals surface area contributed by atoms with Crippen LogP contribution >= 0.6 is 0 Å². The van der Waals surface area contributed by atoms with Crippen LogP contribution in [-0.2, 0) is 13.2 Å². The molecule has 0 saturated carbocycles. The molecule has 1 heterocycles. The first-order chi connectivity index (χ1) is 12.6. The first kappa shape index (κ1) is 17.5. The van der Waals surface area contributed by atoms with Gasteiger partial charge in [-0.1, -0.05) is 18.2 Å². The van der Waals surface area contributed by atoms with Gasteiger partial charge in [0.1, 0.15) is 24.0 Å². The van der Waals surface area contributed by atoms with Crippen LogP contribution in [0.2, 0.25) is 0 Å². The number of carbonyl (C=O) groups is 1. The molecule has 0 fully saturated rings. The standard InChI is InChI=1S/C20H16F2N2O2/c21-15-6-9-18(19(22)11-15)20(25)24-12-14-4-7-17(8-5-14)26-13-16-3-1-2-10-23-16/h1-11H,12-13H2,(H,24,25). The number of nitrogens with one attached hydrogen (secondary N) is 1. The number of ether oxygens (including phenoxy) is 1. The minimum absolute atomic E-state index is 0.193. The van der Waals surface area contributed by atoms with E-state index in [4.69, 9.17) is 4.74 Å². The fourth-order valence-electron chi connectivity index (χ4n) is 2.30. The maximum absolute atomic E-state index is 13.6. The molecule has 0 bridgehead atoms. The highest BCUT2D eigenvalue weighted by atomic mass is 19.1. The monoisotopic (exact) mass is 354 g/mol. The smallest absolute Gasteiger partial charge is 0.254 e. The second-order valence-electron chi connectivity index (χ2n) is 5.56. The van der Waals surface area contributed by atoms with Crippen molar-refractivity contribution in [2.24, 2.45) is 0 Å². The van der Waals surface area contributed by atoms with Crippen molar-refractivity contribution in [1.29, 1.82) is 0 Å². The third-order valence-corrected chi connectivity index (χ3v) is 3.67. The Morgan fingerprint density at radius 2 is 1.85 bits per heavy atom. The molecule has 0 atom stereocenters. The number of amides is 1. The summed E-state index contributed by atoms with van der Waals surface area (Å²) in [5.41, 5.74) is 1.46. The van der Waals surface area contributed by atoms with Crippen LogP contribution in [0, 0.1) is 11.6 Å². The predicted octanol–water partition coefficient (Wildman–Crippen LogP) is 3.87. The number of halogens is 2. The summed E-state index contributed by atoms with van der Waals surface area (Å²) in [6.07, 6.45) is 1.70. The van der Waals surface area contributed by atoms with Gasteiger partial charge in [-0.2, -0.15) is 0 Å². The number of aromatic nitrogens is 1. The van der Waals surface area contributed by atoms with Gasteiger partial charge in [0.05, 0.1) is 11.3 Å². The largest absolute Gasteiger partial charge is 0.487 e. The molecule has 26 heavy (non-hydrogen) atoms. The summed E-state index contributed by atoms with van der Waals surface area (Å²) in [5, 5.41) is 2.60. The zero-order valence-corrected chi connectivity index (χ0v) is 13.8. The van der Waals surface area contributed by atoms with Gasteiger partial charge in [-0.15, -0.1) is 0 Å². The number of pyridine rings is 1. The molecule has 0 saturated heterocycles. The van der Waals surface area contributed by atoms with E-state index in [1.165, 1.54) is 0 Å². The predicted molar refractivity (Wildman–Crippen MR) is 92.5 cm³/mol. The molecule has 3 aromatic rings. The van der Waals surface area contributed by atoms with E-state index in [-0.39, 0.29) is 12.1 Å². The number of hydrogen-bond acceptors (Lipinski definition) is 3. The number of nitrogens with zero attached hydrogens (tertiary/aromatic N) is 1. The van der Waals surface area contributed by atoms with Crippen LogP contribution in [0.5, 0.6) is 5.75 Å². The minimum atomic E-state index is -0.888. The third-order valence-electron chi connectivity index (χ3n) is 3.67. The average molecular weight is 354 g/mol. The summed E-state index contributed by atoms with van der Waals surface area (Å²) in [4.78, 5) is 16.1. The molecular formula is C20H16F2N2O2. The van der Waals surface area contributed by atoms with Crippen molar-refractivity contribution < 1.29 is 18.3 Å². The lowest BCUT2D eigenvalue weighted by Crippen LogP contribution is -2.23. The molecule has 4 nitrogen and oxygen atoms in total. The average Bonchev–Trinajstić information content (AvgIpc) is 2.66. The molecule has 1 amide bonds. The number of hydrogen-bond donors (Lipinski definition) is 1. The van der Waals surface area contributed by atoms with Crippen LogP contribution in [0.15, 0.2) is 66.9 Å². The van der Waals surface area contributed by atoms with E-state index in [1.54, 1.807) is 30.5 Å². The molecule has 0 spiro atoms. The van der Waals surface area contributed by atoms with Gasteiger partial charge in [-0.3, -0.25) is 9.78 Å². The highest BCUT2D eigenvalue weighted by molar-refractivity contribution is 5.94. The van der Waals surface area contributed by atoms with E-state index < -0.39 is 17.5 Å². The van der Waals surface area contributed by atoms with Crippen LogP contribution < -0.4 is 10.1 Å². The molecule has 0 unspecified atom stereocenters. The van der Waals surface area contributed by atoms with Crippen molar-refractivity contribution in [3.8, 4) is 5.75 Å². The molecule has 3 rings (SSSR count). The molecule has 0 aliphatic rings. The Morgan fingerprint density at radius 3 is 2.54 bits per heavy atom. The van der Waals surface area contributed by atoms with Crippen molar-refractivity contribution in [3.05, 3.63) is 95.3 Å². The zero-order chi connectivity index (χ0) is 18.4. The molecular weight excluding hydrogens is 338 g/mol. The molecule has 0 aliphatic heterocycles. The summed E-state index contributed by atoms with van der Waals surface area (Å²) in [6, 6.07) is 15.6. The van der Waals surface area contributed by atoms with E-state index in [0.29, 0.717) is 18.4 Å². The summed E-state index contributed by atoms with van der Waals surface area (Å²) in [5.74, 6) is -1.53. The highest BCUT2D eigenvalue weighted by Gasteiger charge is 2.12. The Morgan fingerprint density at radius 1 is 1.04 bits per heavy atom. The van der Waals surface area contributed by atoms with E-state index in [9.17, 15) is 13.6 Å². The van der Waals surface area contributed by atoms with E-state index >= 15 is 0 Å². The van der Waals surface area contributed by atoms with Crippen molar-refractivity contribution in [2.45, 2.75) is 13.2 Å². The minimum Gasteiger partial charge on any atom is -0.487 e. The maximum atomic E-state index is 13.6. The highest BCUT2D eigenvalue weighted by Crippen LogP contribution is 2.14. The third kappa shape index (κ3) is 4.63. The van der Waals surface area contributed by atoms with Gasteiger partial charge >= 0.3 is 0 Å². The Labute approximate surface area is 149 Å². The Balaban J connectivity index is 1.53. The summed E-state index contributed by atoms with van der Waals surface area (Å²) in [7, 11) is 0. The molecule has 6 heteroatoms. The first-order valence-electron chi connectivity index (χ1n) is 7.97. The molecule has 0 aliphatic carbocycles. The second kappa shape index (κ2) is 8.20. The lowest BCUT2D eigenvalue weighted by atomic mass is 10.1. The Bertz CT molecular complexity index is 884. The van der Waals surface area contributed by atoms with Gasteiger partial charge in [0.2, 0.25) is 0 Å². The number of carbonyl (C=O) groups excluding carboxylic acids is 1. The summed E-state index contributed by atoms with van der Waals surface area (Å²) < 4.78 is 32.1. The van der Waals surface area contributed by atoms with Crippen LogP contribution in [0.4, 0.5) is 8.78 Å². The fraction of sp³-hybridized carbons (Fsp3) is 0.100. The van der Waals surface area contributed by atoms with Crippen molar-refractivity contribution in [3.63, 3.8) is 0 Å². The lowest BCUT2D eigenvalue weighted by molar-refractivity contribution is 0.0947. The van der Waals surface area contributed by atoms with Crippen LogP contribution in [0.25, 0.3) is 0 Å². The van der Waals surface area contributed by atoms with Gasteiger partial charge in [0, 0.05) is 18.8 Å². The molecule has 0 radical (unpaired) electrons. The number of rotatable bonds is 6. The van der Waals surface area contributed by atoms with E-state index in [0.717, 1.165) is 23.4 Å². The van der Waals surface area contributed by atoms with E-state index in [1.807, 2.05) is 18.2 Å². The Kier molecular flexibility index (Phi) is 5.53. The van der Waals surface area contributed by atoms with Gasteiger partial charge in [-0.05, 0) is 42.0 Å². The SMILES string of the molecule is O=C(NCc1ccc(OCc2ccccn2)cc1)c1ccc(F)cc1F. The zero-order valence-electron chi connectivity index (χ0n) is 13.8. The topological polar surface area (TPSA) is 51.2 Å². The summed E-state index contributed by atoms with van der Waals surface area (Å²) in [6.45, 7) is 0.580. The van der Waals surface area contributed by atoms with Gasteiger partial charge < -0.3 is 10.1 Å². The van der Waals surface area contributed by atoms with Crippen molar-refractivity contribution in [1.82, 2.24) is 10.3 Å². The van der Waals surface area contributed by atoms with Crippen molar-refractivity contribution >= 4 is 5.91 Å². The maximum Gasteiger partial charge on any atom is 0.254 e. The van der Waals surface area contributed by atoms with Gasteiger partial charge in [0.15, 0.2) is 0 Å². The van der Waals surface area contributed by atoms with E-state index in [2.05, 4.69) is 10.3 Å². The van der Waals surface area contributed by atoms with Crippen LogP contribution in [0.1, 0.15) is 21.6 Å². The second-order valence-corrected chi connectivity index (χ2v) is 5.56. The molecule has 1 N–H and O–H groups in total. The van der Waals surface area contributed by atoms with Gasteiger partial charge in [-0.25, -0.2) is 8.78 Å². The molecule has 132 valence electrons. The summed E-state index contributed by atoms with van der Waals surface area (Å²) >= 11 is 0. The molecule has 2 aromatic carbocycles. The van der Waals surface area contributed by atoms with Gasteiger partial charge in [0.25, 0.3) is 5.91 Å². The van der Waals surface area contributed by atoms with Crippen LogP contribution in [-0.4, -0.2) is 10.9 Å². The fourth-order valence-corrected chi connectivity index (χ4v) is 2.30. The number of benzene rings is 2. The lowest BCUT2D eigenvalue weighted by Gasteiger charge is -2.08.